The van der Waals surface area contributed by atoms with Crippen LogP contribution in [-0.2, 0) is 10.0 Å². The maximum absolute atomic E-state index is 13.7. The Bertz CT molecular complexity index is 1160. The third kappa shape index (κ3) is 5.59. The average Bonchev–Trinajstić information content (AvgIpc) is 3.37. The second-order valence-electron chi connectivity index (χ2n) is 8.55. The Morgan fingerprint density at radius 1 is 0.941 bits per heavy atom. The Balaban J connectivity index is 1.61. The van der Waals surface area contributed by atoms with Gasteiger partial charge in [0.15, 0.2) is 0 Å². The summed E-state index contributed by atoms with van der Waals surface area (Å²) < 4.78 is 48.5. The molecule has 1 saturated heterocycles. The van der Waals surface area contributed by atoms with Gasteiger partial charge in [0.2, 0.25) is 0 Å². The van der Waals surface area contributed by atoms with Gasteiger partial charge in [-0.3, -0.25) is 4.31 Å². The van der Waals surface area contributed by atoms with E-state index >= 15 is 0 Å². The molecule has 1 aliphatic rings. The molecule has 5 nitrogen and oxygen atoms in total. The highest BCUT2D eigenvalue weighted by atomic mass is 32.2. The number of ether oxygens (including phenoxy) is 1. The third-order valence-electron chi connectivity index (χ3n) is 6.18. The molecular weight excluding hydrogens is 451 g/mol. The SMILES string of the molecule is CC(c1ccccc1OCCCN1CCCC1)N(c1ccccc1)S(=O)(=O)c1ccc(F)cc1. The lowest BCUT2D eigenvalue weighted by molar-refractivity contribution is 0.261. The molecule has 0 aliphatic carbocycles. The van der Waals surface area contributed by atoms with E-state index in [-0.39, 0.29) is 4.90 Å². The summed E-state index contributed by atoms with van der Waals surface area (Å²) in [6.07, 6.45) is 3.44. The Morgan fingerprint density at radius 2 is 1.59 bits per heavy atom. The number of rotatable bonds is 10. The normalized spacial score (nSPS) is 15.2. The molecule has 180 valence electrons. The van der Waals surface area contributed by atoms with Crippen LogP contribution in [0.15, 0.2) is 83.8 Å². The van der Waals surface area contributed by atoms with Crippen molar-refractivity contribution in [2.24, 2.45) is 0 Å². The van der Waals surface area contributed by atoms with Crippen molar-refractivity contribution in [3.63, 3.8) is 0 Å². The summed E-state index contributed by atoms with van der Waals surface area (Å²) in [7, 11) is -3.97. The minimum Gasteiger partial charge on any atom is -0.493 e. The van der Waals surface area contributed by atoms with E-state index in [0.717, 1.165) is 43.8 Å². The topological polar surface area (TPSA) is 49.9 Å². The van der Waals surface area contributed by atoms with E-state index in [4.69, 9.17) is 4.74 Å². The first-order valence-electron chi connectivity index (χ1n) is 11.8. The van der Waals surface area contributed by atoms with E-state index in [1.54, 1.807) is 24.3 Å². The lowest BCUT2D eigenvalue weighted by Gasteiger charge is -2.32. The molecule has 0 radical (unpaired) electrons. The van der Waals surface area contributed by atoms with Crippen molar-refractivity contribution in [2.75, 3.05) is 30.5 Å². The van der Waals surface area contributed by atoms with E-state index in [0.29, 0.717) is 18.0 Å². The fraction of sp³-hybridized carbons (Fsp3) is 0.333. The van der Waals surface area contributed by atoms with Crippen molar-refractivity contribution in [3.05, 3.63) is 90.2 Å². The molecule has 1 aliphatic heterocycles. The molecule has 1 unspecified atom stereocenters. The summed E-state index contributed by atoms with van der Waals surface area (Å²) in [5.74, 6) is 0.192. The van der Waals surface area contributed by atoms with Gasteiger partial charge >= 0.3 is 0 Å². The molecule has 3 aromatic carbocycles. The van der Waals surface area contributed by atoms with Gasteiger partial charge in [0.1, 0.15) is 11.6 Å². The number of sulfonamides is 1. The van der Waals surface area contributed by atoms with Gasteiger partial charge in [-0.1, -0.05) is 36.4 Å². The summed E-state index contributed by atoms with van der Waals surface area (Å²) in [6.45, 7) is 5.73. The second kappa shape index (κ2) is 11.0. The Morgan fingerprint density at radius 3 is 2.29 bits per heavy atom. The van der Waals surface area contributed by atoms with Gasteiger partial charge in [0.25, 0.3) is 10.0 Å². The van der Waals surface area contributed by atoms with E-state index in [1.807, 2.05) is 37.3 Å². The van der Waals surface area contributed by atoms with Gasteiger partial charge in [-0.05, 0) is 81.7 Å². The molecule has 0 N–H and O–H groups in total. The standard InChI is InChI=1S/C27H31FN2O3S/c1-22(26-12-5-6-13-27(26)33-21-9-20-29-18-7-8-19-29)30(24-10-3-2-4-11-24)34(31,32)25-16-14-23(28)15-17-25/h2-6,10-17,22H,7-9,18-21H2,1H3. The average molecular weight is 483 g/mol. The minimum absolute atomic E-state index is 0.0358. The number of likely N-dealkylation sites (tertiary alicyclic amines) is 1. The predicted molar refractivity (Wildman–Crippen MR) is 133 cm³/mol. The van der Waals surface area contributed by atoms with Crippen LogP contribution < -0.4 is 9.04 Å². The van der Waals surface area contributed by atoms with Crippen LogP contribution in [0.2, 0.25) is 0 Å². The van der Waals surface area contributed by atoms with Gasteiger partial charge in [0, 0.05) is 12.1 Å². The number of halogens is 1. The summed E-state index contributed by atoms with van der Waals surface area (Å²) in [5.41, 5.74) is 1.31. The summed E-state index contributed by atoms with van der Waals surface area (Å²) in [5, 5.41) is 0. The predicted octanol–water partition coefficient (Wildman–Crippen LogP) is 5.65. The highest BCUT2D eigenvalue weighted by Gasteiger charge is 2.31. The fourth-order valence-electron chi connectivity index (χ4n) is 4.43. The number of benzene rings is 3. The van der Waals surface area contributed by atoms with Crippen molar-refractivity contribution in [1.29, 1.82) is 0 Å². The van der Waals surface area contributed by atoms with Crippen molar-refractivity contribution >= 4 is 15.7 Å². The monoisotopic (exact) mass is 482 g/mol. The maximum atomic E-state index is 13.7. The number of para-hydroxylation sites is 2. The van der Waals surface area contributed by atoms with Crippen LogP contribution in [0.25, 0.3) is 0 Å². The lowest BCUT2D eigenvalue weighted by Crippen LogP contribution is -2.34. The van der Waals surface area contributed by atoms with Crippen molar-refractivity contribution in [2.45, 2.75) is 37.1 Å². The van der Waals surface area contributed by atoms with Gasteiger partial charge in [-0.25, -0.2) is 12.8 Å². The summed E-state index contributed by atoms with van der Waals surface area (Å²) in [6, 6.07) is 20.9. The van der Waals surface area contributed by atoms with Gasteiger partial charge in [-0.2, -0.15) is 0 Å². The molecule has 0 amide bonds. The van der Waals surface area contributed by atoms with E-state index in [2.05, 4.69) is 4.90 Å². The van der Waals surface area contributed by atoms with Crippen LogP contribution >= 0.6 is 0 Å². The molecule has 3 aromatic rings. The molecule has 7 heteroatoms. The first kappa shape index (κ1) is 24.2. The van der Waals surface area contributed by atoms with E-state index < -0.39 is 21.9 Å². The number of anilines is 1. The lowest BCUT2D eigenvalue weighted by atomic mass is 10.1. The van der Waals surface area contributed by atoms with Crippen LogP contribution in [-0.4, -0.2) is 39.6 Å². The summed E-state index contributed by atoms with van der Waals surface area (Å²) in [4.78, 5) is 2.48. The number of nitrogens with zero attached hydrogens (tertiary/aromatic N) is 2. The van der Waals surface area contributed by atoms with Crippen molar-refractivity contribution in [1.82, 2.24) is 4.90 Å². The molecule has 0 bridgehead atoms. The molecule has 0 spiro atoms. The largest absolute Gasteiger partial charge is 0.493 e. The highest BCUT2D eigenvalue weighted by Crippen LogP contribution is 2.36. The Kier molecular flexibility index (Phi) is 7.85. The Labute approximate surface area is 201 Å². The molecule has 0 aromatic heterocycles. The minimum atomic E-state index is -3.97. The van der Waals surface area contributed by atoms with Gasteiger partial charge in [0.05, 0.1) is 23.2 Å². The fourth-order valence-corrected chi connectivity index (χ4v) is 6.06. The molecule has 1 heterocycles. The first-order valence-corrected chi connectivity index (χ1v) is 13.2. The number of hydrogen-bond donors (Lipinski definition) is 0. The van der Waals surface area contributed by atoms with Crippen LogP contribution in [0.5, 0.6) is 5.75 Å². The molecule has 4 rings (SSSR count). The first-order chi connectivity index (χ1) is 16.5. The highest BCUT2D eigenvalue weighted by molar-refractivity contribution is 7.92. The molecule has 1 atom stereocenters. The third-order valence-corrected chi connectivity index (χ3v) is 8.09. The van der Waals surface area contributed by atoms with Gasteiger partial charge in [-0.15, -0.1) is 0 Å². The van der Waals surface area contributed by atoms with E-state index in [9.17, 15) is 12.8 Å². The smallest absolute Gasteiger partial charge is 0.264 e. The van der Waals surface area contributed by atoms with Crippen molar-refractivity contribution in [3.8, 4) is 5.75 Å². The zero-order chi connectivity index (χ0) is 24.0. The Hall–Kier alpha value is -2.90. The summed E-state index contributed by atoms with van der Waals surface area (Å²) >= 11 is 0. The quantitative estimate of drug-likeness (QED) is 0.351. The van der Waals surface area contributed by atoms with Gasteiger partial charge < -0.3 is 9.64 Å². The van der Waals surface area contributed by atoms with E-state index in [1.165, 1.54) is 29.3 Å². The molecular formula is C27H31FN2O3S. The van der Waals surface area contributed by atoms with Crippen molar-refractivity contribution < 1.29 is 17.5 Å². The van der Waals surface area contributed by atoms with Crippen LogP contribution in [0.3, 0.4) is 0 Å². The number of hydrogen-bond acceptors (Lipinski definition) is 4. The second-order valence-corrected chi connectivity index (χ2v) is 10.4. The zero-order valence-electron chi connectivity index (χ0n) is 19.4. The van der Waals surface area contributed by atoms with Crippen LogP contribution in [0.4, 0.5) is 10.1 Å². The molecule has 34 heavy (non-hydrogen) atoms. The maximum Gasteiger partial charge on any atom is 0.264 e. The zero-order valence-corrected chi connectivity index (χ0v) is 20.3. The van der Waals surface area contributed by atoms with Crippen LogP contribution in [0.1, 0.15) is 37.8 Å². The molecule has 0 saturated carbocycles. The van der Waals surface area contributed by atoms with Crippen LogP contribution in [0, 0.1) is 5.82 Å². The molecule has 1 fully saturated rings.